The molecule has 3 nitrogen and oxygen atoms in total. The highest BCUT2D eigenvalue weighted by Gasteiger charge is 2.52. The Labute approximate surface area is 137 Å². The molecule has 2 heterocycles. The van der Waals surface area contributed by atoms with Gasteiger partial charge in [0, 0.05) is 17.0 Å². The summed E-state index contributed by atoms with van der Waals surface area (Å²) in [6.45, 7) is 10.0. The largest absolute Gasteiger partial charge is 0.491 e. The molecular formula is C15H21BClNO2S. The molecule has 0 saturated carbocycles. The molecule has 2 rings (SSSR count). The molecule has 0 radical (unpaired) electrons. The molecule has 21 heavy (non-hydrogen) atoms. The summed E-state index contributed by atoms with van der Waals surface area (Å²) in [5.41, 5.74) is 1.94. The van der Waals surface area contributed by atoms with Crippen LogP contribution in [-0.2, 0) is 9.31 Å². The minimum absolute atomic E-state index is 0.366. The summed E-state index contributed by atoms with van der Waals surface area (Å²) in [6, 6.07) is 3.87. The fraction of sp³-hybridized carbons (Fsp3) is 0.533. The molecule has 1 aromatic heterocycles. The van der Waals surface area contributed by atoms with Gasteiger partial charge < -0.3 is 9.31 Å². The van der Waals surface area contributed by atoms with Crippen molar-refractivity contribution >= 4 is 37.4 Å². The second-order valence-corrected chi connectivity index (χ2v) is 6.97. The van der Waals surface area contributed by atoms with Crippen molar-refractivity contribution in [3.8, 4) is 0 Å². The van der Waals surface area contributed by atoms with Gasteiger partial charge in [0.05, 0.1) is 11.2 Å². The van der Waals surface area contributed by atoms with Crippen molar-refractivity contribution in [2.24, 2.45) is 0 Å². The number of nitrogens with zero attached hydrogens (tertiary/aromatic N) is 1. The van der Waals surface area contributed by atoms with Crippen LogP contribution in [-0.4, -0.2) is 29.1 Å². The molecule has 6 heteroatoms. The SMILES string of the molecule is Cc1ccc(C=C(CS)B2OC(C)(C)C(C)(C)O2)c(Cl)n1. The van der Waals surface area contributed by atoms with Crippen LogP contribution in [0, 0.1) is 6.92 Å². The molecule has 0 amide bonds. The molecule has 0 atom stereocenters. The second-order valence-electron chi connectivity index (χ2n) is 6.30. The van der Waals surface area contributed by atoms with Crippen LogP contribution in [0.2, 0.25) is 5.15 Å². The van der Waals surface area contributed by atoms with E-state index in [1.165, 1.54) is 0 Å². The zero-order valence-corrected chi connectivity index (χ0v) is 14.8. The van der Waals surface area contributed by atoms with Gasteiger partial charge in [0.1, 0.15) is 5.15 Å². The van der Waals surface area contributed by atoms with Crippen molar-refractivity contribution in [1.82, 2.24) is 4.98 Å². The third-order valence-corrected chi connectivity index (χ3v) is 4.76. The minimum atomic E-state index is -0.412. The highest BCUT2D eigenvalue weighted by molar-refractivity contribution is 7.80. The number of halogens is 1. The molecule has 114 valence electrons. The van der Waals surface area contributed by atoms with E-state index in [4.69, 9.17) is 20.9 Å². The zero-order chi connectivity index (χ0) is 15.8. The Morgan fingerprint density at radius 2 is 1.86 bits per heavy atom. The lowest BCUT2D eigenvalue weighted by atomic mass is 9.78. The summed E-state index contributed by atoms with van der Waals surface area (Å²) in [5, 5.41) is 0.478. The van der Waals surface area contributed by atoms with Crippen LogP contribution in [0.3, 0.4) is 0 Å². The molecule has 0 unspecified atom stereocenters. The highest BCUT2D eigenvalue weighted by Crippen LogP contribution is 2.39. The fourth-order valence-corrected chi connectivity index (χ4v) is 2.52. The van der Waals surface area contributed by atoms with Crippen LogP contribution < -0.4 is 0 Å². The lowest BCUT2D eigenvalue weighted by molar-refractivity contribution is 0.00578. The lowest BCUT2D eigenvalue weighted by Gasteiger charge is -2.32. The van der Waals surface area contributed by atoms with Crippen molar-refractivity contribution in [2.75, 3.05) is 5.75 Å². The van der Waals surface area contributed by atoms with Gasteiger partial charge in [-0.05, 0) is 46.2 Å². The van der Waals surface area contributed by atoms with Gasteiger partial charge in [-0.1, -0.05) is 23.7 Å². The summed E-state index contributed by atoms with van der Waals surface area (Å²) in [5.74, 6) is 0.529. The molecule has 1 aromatic rings. The summed E-state index contributed by atoms with van der Waals surface area (Å²) in [4.78, 5) is 4.26. The first-order valence-corrected chi connectivity index (χ1v) is 7.97. The van der Waals surface area contributed by atoms with E-state index in [1.54, 1.807) is 0 Å². The molecule has 0 aromatic carbocycles. The Hall–Kier alpha value is -0.485. The van der Waals surface area contributed by atoms with Crippen molar-refractivity contribution in [1.29, 1.82) is 0 Å². The second kappa shape index (κ2) is 5.96. The zero-order valence-electron chi connectivity index (χ0n) is 13.1. The van der Waals surface area contributed by atoms with E-state index >= 15 is 0 Å². The first kappa shape index (κ1) is 16.9. The Morgan fingerprint density at radius 3 is 2.33 bits per heavy atom. The van der Waals surface area contributed by atoms with Gasteiger partial charge in [-0.15, -0.1) is 0 Å². The summed E-state index contributed by atoms with van der Waals surface area (Å²) < 4.78 is 12.1. The number of rotatable bonds is 3. The van der Waals surface area contributed by atoms with Gasteiger partial charge in [-0.3, -0.25) is 0 Å². The Balaban J connectivity index is 2.31. The van der Waals surface area contributed by atoms with Crippen LogP contribution in [0.15, 0.2) is 17.6 Å². The molecule has 1 aliphatic rings. The van der Waals surface area contributed by atoms with Gasteiger partial charge in [-0.2, -0.15) is 12.6 Å². The number of thiol groups is 1. The maximum Gasteiger partial charge on any atom is 0.491 e. The van der Waals surface area contributed by atoms with Crippen molar-refractivity contribution in [2.45, 2.75) is 45.8 Å². The van der Waals surface area contributed by atoms with E-state index in [2.05, 4.69) is 17.6 Å². The van der Waals surface area contributed by atoms with Gasteiger partial charge in [0.2, 0.25) is 0 Å². The van der Waals surface area contributed by atoms with Gasteiger partial charge >= 0.3 is 7.12 Å². The first-order chi connectivity index (χ1) is 9.66. The molecule has 1 aliphatic heterocycles. The van der Waals surface area contributed by atoms with Crippen molar-refractivity contribution in [3.05, 3.63) is 34.0 Å². The average Bonchev–Trinajstić information content (AvgIpc) is 2.57. The average molecular weight is 326 g/mol. The van der Waals surface area contributed by atoms with E-state index in [0.29, 0.717) is 10.9 Å². The van der Waals surface area contributed by atoms with Gasteiger partial charge in [0.15, 0.2) is 0 Å². The van der Waals surface area contributed by atoms with Crippen LogP contribution >= 0.6 is 24.2 Å². The lowest BCUT2D eigenvalue weighted by Crippen LogP contribution is -2.41. The molecule has 0 bridgehead atoms. The van der Waals surface area contributed by atoms with Crippen molar-refractivity contribution < 1.29 is 9.31 Å². The topological polar surface area (TPSA) is 31.4 Å². The Morgan fingerprint density at radius 1 is 1.29 bits per heavy atom. The van der Waals surface area contributed by atoms with E-state index in [1.807, 2.05) is 52.8 Å². The molecule has 0 N–H and O–H groups in total. The molecule has 1 fully saturated rings. The van der Waals surface area contributed by atoms with E-state index < -0.39 is 7.12 Å². The van der Waals surface area contributed by atoms with Gasteiger partial charge in [-0.25, -0.2) is 4.98 Å². The van der Waals surface area contributed by atoms with Crippen molar-refractivity contribution in [3.63, 3.8) is 0 Å². The first-order valence-electron chi connectivity index (χ1n) is 6.96. The Bertz CT molecular complexity index is 559. The maximum atomic E-state index is 6.19. The molecule has 1 saturated heterocycles. The summed E-state index contributed by atoms with van der Waals surface area (Å²) >= 11 is 10.6. The number of aryl methyl sites for hydroxylation is 1. The fourth-order valence-electron chi connectivity index (χ4n) is 2.03. The number of aromatic nitrogens is 1. The molecular weight excluding hydrogens is 305 g/mol. The third-order valence-electron chi connectivity index (χ3n) is 4.10. The normalized spacial score (nSPS) is 20.9. The third kappa shape index (κ3) is 3.47. The van der Waals surface area contributed by atoms with E-state index in [0.717, 1.165) is 16.7 Å². The van der Waals surface area contributed by atoms with E-state index in [9.17, 15) is 0 Å². The quantitative estimate of drug-likeness (QED) is 0.518. The molecule has 0 spiro atoms. The Kier molecular flexibility index (Phi) is 4.79. The van der Waals surface area contributed by atoms with Crippen LogP contribution in [0.1, 0.15) is 39.0 Å². The maximum absolute atomic E-state index is 6.19. The van der Waals surface area contributed by atoms with E-state index in [-0.39, 0.29) is 11.2 Å². The predicted molar refractivity (Wildman–Crippen MR) is 91.9 cm³/mol. The monoisotopic (exact) mass is 325 g/mol. The number of hydrogen-bond donors (Lipinski definition) is 1. The minimum Gasteiger partial charge on any atom is -0.400 e. The predicted octanol–water partition coefficient (Wildman–Crippen LogP) is 3.99. The van der Waals surface area contributed by atoms with Crippen LogP contribution in [0.4, 0.5) is 0 Å². The molecule has 0 aliphatic carbocycles. The highest BCUT2D eigenvalue weighted by atomic mass is 35.5. The van der Waals surface area contributed by atoms with Crippen LogP contribution in [0.5, 0.6) is 0 Å². The summed E-state index contributed by atoms with van der Waals surface area (Å²) in [7, 11) is -0.412. The van der Waals surface area contributed by atoms with Crippen LogP contribution in [0.25, 0.3) is 6.08 Å². The number of pyridine rings is 1. The summed E-state index contributed by atoms with van der Waals surface area (Å²) in [6.07, 6.45) is 1.95. The smallest absolute Gasteiger partial charge is 0.400 e. The standard InChI is InChI=1S/C15H21BClNO2S/c1-10-6-7-11(13(17)18-10)8-12(9-21)16-19-14(2,3)15(4,5)20-16/h6-8,21H,9H2,1-5H3. The number of hydrogen-bond acceptors (Lipinski definition) is 4. The van der Waals surface area contributed by atoms with Gasteiger partial charge in [0.25, 0.3) is 0 Å².